The average molecular weight is 465 g/mol. The van der Waals surface area contributed by atoms with Gasteiger partial charge in [0.2, 0.25) is 17.6 Å². The molecule has 0 saturated heterocycles. The van der Waals surface area contributed by atoms with Gasteiger partial charge in [0.1, 0.15) is 5.75 Å². The molecule has 0 spiro atoms. The first-order valence-corrected chi connectivity index (χ1v) is 10.2. The third kappa shape index (κ3) is 3.55. The molecule has 0 aliphatic heterocycles. The molecule has 150 valence electrons. The van der Waals surface area contributed by atoms with Crippen LogP contribution in [-0.2, 0) is 11.3 Å². The first kappa shape index (κ1) is 20.0. The molecular formula is C24H19BrNO4+. The smallest absolute Gasteiger partial charge is 0.370 e. The molecule has 6 heteroatoms. The van der Waals surface area contributed by atoms with E-state index in [1.807, 2.05) is 74.5 Å². The van der Waals surface area contributed by atoms with E-state index in [-0.39, 0.29) is 6.54 Å². The van der Waals surface area contributed by atoms with Crippen LogP contribution in [0.25, 0.3) is 21.8 Å². The number of benzene rings is 3. The summed E-state index contributed by atoms with van der Waals surface area (Å²) in [6.45, 7) is 3.58. The fraction of sp³-hybridized carbons (Fsp3) is 0.125. The van der Waals surface area contributed by atoms with Gasteiger partial charge in [-0.15, -0.1) is 0 Å². The van der Waals surface area contributed by atoms with Crippen LogP contribution in [-0.4, -0.2) is 17.0 Å². The average Bonchev–Trinajstić information content (AvgIpc) is 2.70. The van der Waals surface area contributed by atoms with Crippen molar-refractivity contribution >= 4 is 49.7 Å². The van der Waals surface area contributed by atoms with Crippen LogP contribution in [0.15, 0.2) is 65.1 Å². The summed E-state index contributed by atoms with van der Waals surface area (Å²) in [5, 5.41) is 10.7. The van der Waals surface area contributed by atoms with E-state index in [0.29, 0.717) is 33.1 Å². The molecule has 5 nitrogen and oxygen atoms in total. The Hall–Kier alpha value is -3.25. The van der Waals surface area contributed by atoms with Crippen molar-refractivity contribution in [1.29, 1.82) is 0 Å². The Labute approximate surface area is 181 Å². The molecule has 1 heterocycles. The number of carboxylic acids is 1. The van der Waals surface area contributed by atoms with Gasteiger partial charge in [-0.3, -0.25) is 0 Å². The number of rotatable bonds is 4. The topological polar surface area (TPSA) is 67.5 Å². The number of carbonyl (C=O) groups is 2. The molecule has 0 saturated carbocycles. The van der Waals surface area contributed by atoms with Gasteiger partial charge in [0.05, 0.1) is 16.3 Å². The number of halogens is 1. The van der Waals surface area contributed by atoms with Gasteiger partial charge in [0.15, 0.2) is 0 Å². The van der Waals surface area contributed by atoms with Gasteiger partial charge in [-0.25, -0.2) is 9.59 Å². The molecule has 3 aromatic carbocycles. The lowest BCUT2D eigenvalue weighted by Gasteiger charge is -2.14. The number of aliphatic carboxylic acids is 1. The molecular weight excluding hydrogens is 446 g/mol. The summed E-state index contributed by atoms with van der Waals surface area (Å²) < 4.78 is 8.50. The van der Waals surface area contributed by atoms with Crippen molar-refractivity contribution in [3.8, 4) is 5.75 Å². The number of aromatic nitrogens is 1. The minimum absolute atomic E-state index is 0.207. The number of aryl methyl sites for hydroxylation is 2. The highest BCUT2D eigenvalue weighted by atomic mass is 79.9. The second-order valence-electron chi connectivity index (χ2n) is 7.15. The fourth-order valence-corrected chi connectivity index (χ4v) is 4.53. The Bertz CT molecular complexity index is 1250. The van der Waals surface area contributed by atoms with E-state index in [2.05, 4.69) is 15.9 Å². The summed E-state index contributed by atoms with van der Waals surface area (Å²) in [4.78, 5) is 24.9. The predicted octanol–water partition coefficient (Wildman–Crippen LogP) is 4.96. The zero-order chi connectivity index (χ0) is 21.4. The monoisotopic (exact) mass is 464 g/mol. The number of pyridine rings is 1. The minimum atomic E-state index is -0.952. The Morgan fingerprint density at radius 1 is 0.933 bits per heavy atom. The van der Waals surface area contributed by atoms with Crippen LogP contribution in [0.4, 0.5) is 0 Å². The predicted molar refractivity (Wildman–Crippen MR) is 118 cm³/mol. The van der Waals surface area contributed by atoms with Crippen LogP contribution < -0.4 is 9.30 Å². The van der Waals surface area contributed by atoms with Gasteiger partial charge in [-0.2, -0.15) is 4.57 Å². The van der Waals surface area contributed by atoms with Gasteiger partial charge in [-0.05, 0) is 49.2 Å². The van der Waals surface area contributed by atoms with Gasteiger partial charge < -0.3 is 9.84 Å². The van der Waals surface area contributed by atoms with Crippen molar-refractivity contribution in [2.75, 3.05) is 0 Å². The van der Waals surface area contributed by atoms with Crippen molar-refractivity contribution < 1.29 is 24.0 Å². The molecule has 0 aliphatic carbocycles. The van der Waals surface area contributed by atoms with Crippen LogP contribution in [0.1, 0.15) is 21.5 Å². The second-order valence-corrected chi connectivity index (χ2v) is 8.06. The van der Waals surface area contributed by atoms with Crippen LogP contribution in [0.2, 0.25) is 0 Å². The Morgan fingerprint density at radius 2 is 1.43 bits per heavy atom. The maximum Gasteiger partial charge on any atom is 0.370 e. The molecule has 1 aromatic heterocycles. The first-order chi connectivity index (χ1) is 14.4. The molecule has 0 bridgehead atoms. The lowest BCUT2D eigenvalue weighted by molar-refractivity contribution is -0.633. The normalized spacial score (nSPS) is 11.0. The highest BCUT2D eigenvalue weighted by Crippen LogP contribution is 2.31. The van der Waals surface area contributed by atoms with Crippen molar-refractivity contribution in [1.82, 2.24) is 0 Å². The summed E-state index contributed by atoms with van der Waals surface area (Å²) in [6, 6.07) is 18.4. The van der Waals surface area contributed by atoms with Crippen molar-refractivity contribution in [3.63, 3.8) is 0 Å². The molecule has 4 rings (SSSR count). The number of hydrogen-bond acceptors (Lipinski definition) is 3. The van der Waals surface area contributed by atoms with E-state index in [0.717, 1.165) is 15.6 Å². The van der Waals surface area contributed by atoms with Crippen molar-refractivity contribution in [2.45, 2.75) is 20.4 Å². The van der Waals surface area contributed by atoms with Gasteiger partial charge in [-0.1, -0.05) is 40.2 Å². The molecule has 0 atom stereocenters. The molecule has 4 aromatic rings. The standard InChI is InChI=1S/C24H18BrNO4/c1-14-11-16(25)12-15(2)23(14)30-24(29)22-17-7-3-5-9-19(17)26(13-21(27)28)20-10-6-4-8-18(20)22/h3-12H,13H2,1-2H3/p+1. The molecule has 0 amide bonds. The van der Waals surface area contributed by atoms with Crippen LogP contribution in [0.3, 0.4) is 0 Å². The van der Waals surface area contributed by atoms with Crippen LogP contribution >= 0.6 is 15.9 Å². The number of nitrogens with zero attached hydrogens (tertiary/aromatic N) is 1. The van der Waals surface area contributed by atoms with E-state index in [4.69, 9.17) is 4.74 Å². The molecule has 0 aliphatic rings. The number of para-hydroxylation sites is 2. The highest BCUT2D eigenvalue weighted by molar-refractivity contribution is 9.10. The van der Waals surface area contributed by atoms with E-state index >= 15 is 0 Å². The summed E-state index contributed by atoms with van der Waals surface area (Å²) in [5.74, 6) is -0.899. The molecule has 0 radical (unpaired) electrons. The Morgan fingerprint density at radius 3 is 1.93 bits per heavy atom. The molecule has 30 heavy (non-hydrogen) atoms. The van der Waals surface area contributed by atoms with Gasteiger partial charge in [0.25, 0.3) is 0 Å². The fourth-order valence-electron chi connectivity index (χ4n) is 3.84. The Balaban J connectivity index is 1.97. The maximum absolute atomic E-state index is 13.4. The summed E-state index contributed by atoms with van der Waals surface area (Å²) in [7, 11) is 0. The summed E-state index contributed by atoms with van der Waals surface area (Å²) >= 11 is 3.46. The number of carboxylic acid groups (broad SMARTS) is 1. The number of esters is 1. The van der Waals surface area contributed by atoms with Crippen molar-refractivity contribution in [3.05, 3.63) is 81.8 Å². The van der Waals surface area contributed by atoms with Gasteiger partial charge >= 0.3 is 11.9 Å². The lowest BCUT2D eigenvalue weighted by Crippen LogP contribution is -2.40. The largest absolute Gasteiger partial charge is 0.477 e. The SMILES string of the molecule is Cc1cc(Br)cc(C)c1OC(=O)c1c2ccccc2[n+](CC(=O)O)c2ccccc12. The van der Waals surface area contributed by atoms with Crippen molar-refractivity contribution in [2.24, 2.45) is 0 Å². The van der Waals surface area contributed by atoms with E-state index in [9.17, 15) is 14.7 Å². The summed E-state index contributed by atoms with van der Waals surface area (Å²) in [5.41, 5.74) is 3.44. The first-order valence-electron chi connectivity index (χ1n) is 9.41. The van der Waals surface area contributed by atoms with E-state index in [1.165, 1.54) is 0 Å². The Kier molecular flexibility index (Phi) is 5.26. The second kappa shape index (κ2) is 7.88. The van der Waals surface area contributed by atoms with Gasteiger partial charge in [0, 0.05) is 16.6 Å². The lowest BCUT2D eigenvalue weighted by atomic mass is 10.0. The van der Waals surface area contributed by atoms with Crippen LogP contribution in [0.5, 0.6) is 5.75 Å². The quantitative estimate of drug-likeness (QED) is 0.200. The molecule has 0 unspecified atom stereocenters. The number of hydrogen-bond donors (Lipinski definition) is 1. The highest BCUT2D eigenvalue weighted by Gasteiger charge is 2.27. The van der Waals surface area contributed by atoms with E-state index in [1.54, 1.807) is 4.57 Å². The maximum atomic E-state index is 13.4. The zero-order valence-corrected chi connectivity index (χ0v) is 18.1. The van der Waals surface area contributed by atoms with E-state index < -0.39 is 11.9 Å². The third-order valence-corrected chi connectivity index (χ3v) is 5.50. The zero-order valence-electron chi connectivity index (χ0n) is 16.5. The van der Waals surface area contributed by atoms with Crippen LogP contribution in [0, 0.1) is 13.8 Å². The number of fused-ring (bicyclic) bond motifs is 2. The third-order valence-electron chi connectivity index (χ3n) is 5.05. The number of ether oxygens (including phenoxy) is 1. The number of carbonyl (C=O) groups excluding carboxylic acids is 1. The molecule has 1 N–H and O–H groups in total. The molecule has 0 fully saturated rings. The summed E-state index contributed by atoms with van der Waals surface area (Å²) in [6.07, 6.45) is 0. The minimum Gasteiger partial charge on any atom is -0.477 e.